The number of halogens is 1. The van der Waals surface area contributed by atoms with Crippen LogP contribution in [-0.2, 0) is 20.6 Å². The number of thioether (sulfide) groups is 1. The van der Waals surface area contributed by atoms with Crippen LogP contribution in [0.3, 0.4) is 0 Å². The van der Waals surface area contributed by atoms with Gasteiger partial charge in [0.1, 0.15) is 0 Å². The first kappa shape index (κ1) is 18.5. The molecule has 26 heavy (non-hydrogen) atoms. The number of imidazole rings is 1. The molecule has 0 aliphatic heterocycles. The molecule has 0 bridgehead atoms. The predicted octanol–water partition coefficient (Wildman–Crippen LogP) is 2.72. The fourth-order valence-electron chi connectivity index (χ4n) is 2.68. The van der Waals surface area contributed by atoms with Crippen molar-refractivity contribution in [3.05, 3.63) is 67.8 Å². The number of nitrogens with zero attached hydrogens (tertiary/aromatic N) is 4. The van der Waals surface area contributed by atoms with Crippen molar-refractivity contribution in [2.24, 2.45) is 14.1 Å². The molecule has 3 rings (SSSR count). The summed E-state index contributed by atoms with van der Waals surface area (Å²) in [6.45, 7) is 2.31. The molecule has 2 heterocycles. The van der Waals surface area contributed by atoms with Gasteiger partial charge in [0.15, 0.2) is 16.3 Å². The number of allylic oxidation sites excluding steroid dienone is 1. The Bertz CT molecular complexity index is 1090. The molecule has 136 valence electrons. The van der Waals surface area contributed by atoms with Crippen molar-refractivity contribution in [3.63, 3.8) is 0 Å². The average molecular weight is 391 g/mol. The lowest BCUT2D eigenvalue weighted by Crippen LogP contribution is -2.37. The molecule has 0 saturated heterocycles. The molecule has 0 atom stereocenters. The number of benzene rings is 1. The Morgan fingerprint density at radius 3 is 2.54 bits per heavy atom. The van der Waals surface area contributed by atoms with Crippen molar-refractivity contribution >= 4 is 34.5 Å². The van der Waals surface area contributed by atoms with E-state index in [1.807, 2.05) is 47.9 Å². The molecule has 0 fully saturated rings. The van der Waals surface area contributed by atoms with Gasteiger partial charge in [-0.1, -0.05) is 59.8 Å². The first-order chi connectivity index (χ1) is 12.4. The van der Waals surface area contributed by atoms with Gasteiger partial charge in [-0.05, 0) is 12.5 Å². The second kappa shape index (κ2) is 7.55. The van der Waals surface area contributed by atoms with Crippen molar-refractivity contribution in [2.45, 2.75) is 18.6 Å². The van der Waals surface area contributed by atoms with Crippen LogP contribution in [0.1, 0.15) is 12.5 Å². The summed E-state index contributed by atoms with van der Waals surface area (Å²) in [5.41, 5.74) is 1.13. The number of rotatable bonds is 5. The van der Waals surface area contributed by atoms with Gasteiger partial charge < -0.3 is 4.57 Å². The molecule has 8 heteroatoms. The third-order valence-electron chi connectivity index (χ3n) is 4.07. The Kier molecular flexibility index (Phi) is 5.38. The van der Waals surface area contributed by atoms with Crippen molar-refractivity contribution < 1.29 is 0 Å². The van der Waals surface area contributed by atoms with Crippen LogP contribution in [-0.4, -0.2) is 24.4 Å². The summed E-state index contributed by atoms with van der Waals surface area (Å²) >= 11 is 7.38. The number of fused-ring (bicyclic) bond motifs is 1. The fourth-order valence-corrected chi connectivity index (χ4v) is 3.79. The normalized spacial score (nSPS) is 12.1. The topological polar surface area (TPSA) is 61.8 Å². The predicted molar refractivity (Wildman–Crippen MR) is 106 cm³/mol. The monoisotopic (exact) mass is 390 g/mol. The van der Waals surface area contributed by atoms with E-state index in [0.29, 0.717) is 33.7 Å². The summed E-state index contributed by atoms with van der Waals surface area (Å²) in [4.78, 5) is 29.6. The van der Waals surface area contributed by atoms with Gasteiger partial charge in [-0.25, -0.2) is 9.78 Å². The highest BCUT2D eigenvalue weighted by Gasteiger charge is 2.19. The molecule has 0 saturated carbocycles. The van der Waals surface area contributed by atoms with Crippen LogP contribution in [0.4, 0.5) is 0 Å². The molecule has 3 aromatic rings. The third-order valence-corrected chi connectivity index (χ3v) is 5.13. The first-order valence-corrected chi connectivity index (χ1v) is 9.41. The van der Waals surface area contributed by atoms with Crippen LogP contribution < -0.4 is 11.2 Å². The van der Waals surface area contributed by atoms with Gasteiger partial charge in [0.25, 0.3) is 5.56 Å². The van der Waals surface area contributed by atoms with Crippen molar-refractivity contribution in [2.75, 3.05) is 5.75 Å². The van der Waals surface area contributed by atoms with Gasteiger partial charge in [-0.2, -0.15) is 0 Å². The molecule has 0 radical (unpaired) electrons. The van der Waals surface area contributed by atoms with Gasteiger partial charge in [-0.15, -0.1) is 0 Å². The minimum absolute atomic E-state index is 0.345. The van der Waals surface area contributed by atoms with Gasteiger partial charge in [0.2, 0.25) is 0 Å². The Balaban J connectivity index is 2.21. The lowest BCUT2D eigenvalue weighted by atomic mass is 10.2. The van der Waals surface area contributed by atoms with E-state index >= 15 is 0 Å². The van der Waals surface area contributed by atoms with E-state index in [2.05, 4.69) is 4.98 Å². The van der Waals surface area contributed by atoms with Gasteiger partial charge >= 0.3 is 5.69 Å². The molecule has 0 aliphatic rings. The van der Waals surface area contributed by atoms with E-state index < -0.39 is 0 Å². The molecule has 0 N–H and O–H groups in total. The molecule has 0 unspecified atom stereocenters. The summed E-state index contributed by atoms with van der Waals surface area (Å²) in [6, 6.07) is 9.84. The fraction of sp³-hybridized carbons (Fsp3) is 0.278. The second-order valence-electron chi connectivity index (χ2n) is 5.95. The maximum Gasteiger partial charge on any atom is 0.332 e. The Labute approximate surface area is 159 Å². The van der Waals surface area contributed by atoms with E-state index in [1.165, 1.54) is 23.4 Å². The van der Waals surface area contributed by atoms with Gasteiger partial charge in [0, 0.05) is 24.9 Å². The molecule has 0 amide bonds. The summed E-state index contributed by atoms with van der Waals surface area (Å²) in [7, 11) is 3.11. The lowest BCUT2D eigenvalue weighted by molar-refractivity contribution is 0.696. The van der Waals surface area contributed by atoms with Gasteiger partial charge in [0.05, 0.1) is 6.54 Å². The maximum absolute atomic E-state index is 12.8. The Morgan fingerprint density at radius 2 is 1.88 bits per heavy atom. The largest absolute Gasteiger partial charge is 0.332 e. The summed E-state index contributed by atoms with van der Waals surface area (Å²) in [5, 5.41) is 1.38. The van der Waals surface area contributed by atoms with Crippen LogP contribution in [0.15, 0.2) is 56.2 Å². The molecular formula is C18H19ClN4O2S. The first-order valence-electron chi connectivity index (χ1n) is 8.05. The molecule has 0 spiro atoms. The van der Waals surface area contributed by atoms with Crippen LogP contribution >= 0.6 is 23.4 Å². The van der Waals surface area contributed by atoms with Crippen LogP contribution in [0, 0.1) is 0 Å². The summed E-state index contributed by atoms with van der Waals surface area (Å²) < 4.78 is 4.39. The maximum atomic E-state index is 12.8. The minimum atomic E-state index is -0.389. The Morgan fingerprint density at radius 1 is 1.19 bits per heavy atom. The van der Waals surface area contributed by atoms with E-state index in [0.717, 1.165) is 10.1 Å². The SMILES string of the molecule is C/C(Cl)=C/CSc1nc2c(c(=O)n(C)c(=O)n2C)n1Cc1ccccc1. The quantitative estimate of drug-likeness (QED) is 0.628. The van der Waals surface area contributed by atoms with Crippen LogP contribution in [0.5, 0.6) is 0 Å². The van der Waals surface area contributed by atoms with Gasteiger partial charge in [-0.3, -0.25) is 13.9 Å². The highest BCUT2D eigenvalue weighted by Crippen LogP contribution is 2.23. The number of hydrogen-bond donors (Lipinski definition) is 0. The molecule has 0 aliphatic carbocycles. The summed E-state index contributed by atoms with van der Waals surface area (Å²) in [6.07, 6.45) is 1.88. The molecule has 1 aromatic carbocycles. The van der Waals surface area contributed by atoms with E-state index in [-0.39, 0.29) is 11.2 Å². The molecular weight excluding hydrogens is 372 g/mol. The Hall–Kier alpha value is -2.25. The van der Waals surface area contributed by atoms with E-state index in [9.17, 15) is 9.59 Å². The van der Waals surface area contributed by atoms with Crippen molar-refractivity contribution in [3.8, 4) is 0 Å². The van der Waals surface area contributed by atoms with Crippen molar-refractivity contribution in [1.82, 2.24) is 18.7 Å². The van der Waals surface area contributed by atoms with E-state index in [4.69, 9.17) is 11.6 Å². The zero-order chi connectivity index (χ0) is 18.8. The standard InChI is InChI=1S/C18H19ClN4O2S/c1-12(19)9-10-26-17-20-15-14(16(24)22(3)18(25)21(15)2)23(17)11-13-7-5-4-6-8-13/h4-9H,10-11H2,1-3H3/b12-9-. The highest BCUT2D eigenvalue weighted by atomic mass is 35.5. The number of hydrogen-bond acceptors (Lipinski definition) is 4. The average Bonchev–Trinajstić information content (AvgIpc) is 2.97. The smallest absolute Gasteiger partial charge is 0.309 e. The van der Waals surface area contributed by atoms with Crippen LogP contribution in [0.2, 0.25) is 0 Å². The van der Waals surface area contributed by atoms with Crippen molar-refractivity contribution in [1.29, 1.82) is 0 Å². The number of aryl methyl sites for hydroxylation is 1. The minimum Gasteiger partial charge on any atom is -0.309 e. The molecule has 2 aromatic heterocycles. The van der Waals surface area contributed by atoms with Crippen LogP contribution in [0.25, 0.3) is 11.2 Å². The summed E-state index contributed by atoms with van der Waals surface area (Å²) in [5.74, 6) is 0.627. The van der Waals surface area contributed by atoms with E-state index in [1.54, 1.807) is 7.05 Å². The number of aromatic nitrogens is 4. The highest BCUT2D eigenvalue weighted by molar-refractivity contribution is 7.99. The lowest BCUT2D eigenvalue weighted by Gasteiger charge is -2.09. The second-order valence-corrected chi connectivity index (χ2v) is 7.53. The zero-order valence-electron chi connectivity index (χ0n) is 14.8. The zero-order valence-corrected chi connectivity index (χ0v) is 16.3. The third kappa shape index (κ3) is 3.50. The molecule has 6 nitrogen and oxygen atoms in total.